The Balaban J connectivity index is 1.66. The summed E-state index contributed by atoms with van der Waals surface area (Å²) in [6, 6.07) is -0.356. The number of nitrogens with two attached hydrogens (primary N) is 1. The summed E-state index contributed by atoms with van der Waals surface area (Å²) in [6.45, 7) is 3.93. The van der Waals surface area contributed by atoms with Crippen molar-refractivity contribution in [3.8, 4) is 11.1 Å². The van der Waals surface area contributed by atoms with Gasteiger partial charge in [-0.1, -0.05) is 6.92 Å². The van der Waals surface area contributed by atoms with E-state index in [0.717, 1.165) is 21.6 Å². The predicted molar refractivity (Wildman–Crippen MR) is 108 cm³/mol. The van der Waals surface area contributed by atoms with Gasteiger partial charge in [0.05, 0.1) is 11.1 Å². The molecule has 0 bridgehead atoms. The third-order valence-corrected chi connectivity index (χ3v) is 6.63. The number of nitrogens with one attached hydrogen (secondary N) is 1. The summed E-state index contributed by atoms with van der Waals surface area (Å²) in [5.41, 5.74) is 9.23. The highest BCUT2D eigenvalue weighted by Gasteiger charge is 2.46. The standard InChI is InChI=1S/C20H23F2N5OS/c1-3-15-12(13-9-25-27-10-11(2)8-24-18(13)27)7-16(29-15)19(28)26-17-14(23)5-4-6-20(17,21)22/h7-10,14,17H,3-6,23H2,1-2H3,(H,26,28)/t14-,17+/m0/s1. The van der Waals surface area contributed by atoms with Gasteiger partial charge in [0, 0.05) is 40.9 Å². The summed E-state index contributed by atoms with van der Waals surface area (Å²) in [5.74, 6) is -3.51. The lowest BCUT2D eigenvalue weighted by Gasteiger charge is -2.36. The van der Waals surface area contributed by atoms with Crippen LogP contribution in [-0.4, -0.2) is 38.5 Å². The third kappa shape index (κ3) is 3.64. The molecule has 1 aliphatic rings. The highest BCUT2D eigenvalue weighted by atomic mass is 32.1. The first-order valence-corrected chi connectivity index (χ1v) is 10.5. The van der Waals surface area contributed by atoms with E-state index in [9.17, 15) is 13.6 Å². The number of hydrogen-bond acceptors (Lipinski definition) is 5. The van der Waals surface area contributed by atoms with Crippen LogP contribution in [0, 0.1) is 6.92 Å². The fourth-order valence-corrected chi connectivity index (χ4v) is 4.84. The Kier molecular flexibility index (Phi) is 5.12. The first kappa shape index (κ1) is 19.9. The maximum Gasteiger partial charge on any atom is 0.269 e. The largest absolute Gasteiger partial charge is 0.341 e. The van der Waals surface area contributed by atoms with Crippen LogP contribution in [0.1, 0.15) is 46.3 Å². The number of thiophene rings is 1. The second-order valence-electron chi connectivity index (χ2n) is 7.53. The quantitative estimate of drug-likeness (QED) is 0.677. The van der Waals surface area contributed by atoms with Gasteiger partial charge in [0.2, 0.25) is 0 Å². The average molecular weight is 420 g/mol. The molecule has 1 amide bonds. The molecular formula is C20H23F2N5OS. The molecule has 1 aliphatic carbocycles. The van der Waals surface area contributed by atoms with Crippen molar-refractivity contribution in [1.29, 1.82) is 0 Å². The first-order valence-electron chi connectivity index (χ1n) is 9.67. The molecule has 2 atom stereocenters. The molecule has 29 heavy (non-hydrogen) atoms. The Morgan fingerprint density at radius 1 is 1.41 bits per heavy atom. The van der Waals surface area contributed by atoms with Crippen molar-refractivity contribution in [2.45, 2.75) is 57.5 Å². The normalized spacial score (nSPS) is 21.4. The molecule has 4 rings (SSSR count). The second kappa shape index (κ2) is 7.46. The fraction of sp³-hybridized carbons (Fsp3) is 0.450. The van der Waals surface area contributed by atoms with Crippen molar-refractivity contribution in [1.82, 2.24) is 19.9 Å². The zero-order valence-corrected chi connectivity index (χ0v) is 17.1. The Morgan fingerprint density at radius 2 is 2.21 bits per heavy atom. The molecule has 3 aromatic heterocycles. The smallest absolute Gasteiger partial charge is 0.269 e. The van der Waals surface area contributed by atoms with Crippen LogP contribution in [0.3, 0.4) is 0 Å². The van der Waals surface area contributed by atoms with E-state index < -0.39 is 23.9 Å². The molecule has 3 heterocycles. The molecule has 3 aromatic rings. The van der Waals surface area contributed by atoms with E-state index in [2.05, 4.69) is 15.4 Å². The van der Waals surface area contributed by atoms with Crippen molar-refractivity contribution >= 4 is 22.9 Å². The van der Waals surface area contributed by atoms with Crippen LogP contribution in [0.2, 0.25) is 0 Å². The number of aromatic nitrogens is 3. The summed E-state index contributed by atoms with van der Waals surface area (Å²) in [7, 11) is 0. The van der Waals surface area contributed by atoms with E-state index in [0.29, 0.717) is 29.8 Å². The van der Waals surface area contributed by atoms with Crippen LogP contribution in [-0.2, 0) is 6.42 Å². The molecule has 1 saturated carbocycles. The summed E-state index contributed by atoms with van der Waals surface area (Å²) in [4.78, 5) is 18.6. The van der Waals surface area contributed by atoms with Crippen molar-refractivity contribution in [2.75, 3.05) is 0 Å². The molecule has 0 aliphatic heterocycles. The van der Waals surface area contributed by atoms with Crippen molar-refractivity contribution in [3.05, 3.63) is 40.0 Å². The Morgan fingerprint density at radius 3 is 2.93 bits per heavy atom. The van der Waals surface area contributed by atoms with Gasteiger partial charge < -0.3 is 11.1 Å². The maximum atomic E-state index is 14.3. The molecule has 1 fully saturated rings. The van der Waals surface area contributed by atoms with E-state index in [1.165, 1.54) is 11.3 Å². The molecule has 3 N–H and O–H groups in total. The molecule has 0 unspecified atom stereocenters. The van der Waals surface area contributed by atoms with Crippen molar-refractivity contribution in [2.24, 2.45) is 5.73 Å². The van der Waals surface area contributed by atoms with Crippen LogP contribution in [0.25, 0.3) is 16.8 Å². The van der Waals surface area contributed by atoms with Gasteiger partial charge in [-0.3, -0.25) is 4.79 Å². The predicted octanol–water partition coefficient (Wildman–Crippen LogP) is 3.57. The lowest BCUT2D eigenvalue weighted by atomic mass is 9.87. The van der Waals surface area contributed by atoms with Gasteiger partial charge in [-0.05, 0) is 37.8 Å². The first-order chi connectivity index (χ1) is 13.8. The molecule has 154 valence electrons. The maximum absolute atomic E-state index is 14.3. The molecule has 0 saturated heterocycles. The minimum atomic E-state index is -2.99. The van der Waals surface area contributed by atoms with Gasteiger partial charge in [-0.25, -0.2) is 18.3 Å². The number of alkyl halides is 2. The van der Waals surface area contributed by atoms with E-state index >= 15 is 0 Å². The zero-order valence-electron chi connectivity index (χ0n) is 16.3. The SMILES string of the molecule is CCc1sc(C(=O)N[C@@H]2[C@@H](N)CCCC2(F)F)cc1-c1cnn2cc(C)cnc12. The van der Waals surface area contributed by atoms with Gasteiger partial charge in [0.15, 0.2) is 5.65 Å². The zero-order chi connectivity index (χ0) is 20.8. The average Bonchev–Trinajstić information content (AvgIpc) is 3.27. The second-order valence-corrected chi connectivity index (χ2v) is 8.66. The van der Waals surface area contributed by atoms with Crippen molar-refractivity contribution in [3.63, 3.8) is 0 Å². The monoisotopic (exact) mass is 419 g/mol. The van der Waals surface area contributed by atoms with Crippen molar-refractivity contribution < 1.29 is 13.6 Å². The van der Waals surface area contributed by atoms with Gasteiger partial charge >= 0.3 is 0 Å². The van der Waals surface area contributed by atoms with Gasteiger partial charge in [-0.15, -0.1) is 11.3 Å². The number of carbonyl (C=O) groups is 1. The van der Waals surface area contributed by atoms with E-state index in [1.54, 1.807) is 23.0 Å². The number of hydrogen-bond donors (Lipinski definition) is 2. The molecular weight excluding hydrogens is 396 g/mol. The molecule has 9 heteroatoms. The number of amides is 1. The van der Waals surface area contributed by atoms with Crippen LogP contribution >= 0.6 is 11.3 Å². The fourth-order valence-electron chi connectivity index (χ4n) is 3.82. The molecule has 0 spiro atoms. The molecule has 0 aromatic carbocycles. The number of fused-ring (bicyclic) bond motifs is 1. The Labute approximate surface area is 171 Å². The number of aryl methyl sites for hydroxylation is 2. The van der Waals surface area contributed by atoms with E-state index in [1.807, 2.05) is 20.0 Å². The van der Waals surface area contributed by atoms with E-state index in [4.69, 9.17) is 5.73 Å². The topological polar surface area (TPSA) is 85.3 Å². The minimum Gasteiger partial charge on any atom is -0.341 e. The third-order valence-electron chi connectivity index (χ3n) is 5.35. The van der Waals surface area contributed by atoms with Crippen LogP contribution in [0.5, 0.6) is 0 Å². The van der Waals surface area contributed by atoms with Crippen LogP contribution < -0.4 is 11.1 Å². The number of rotatable bonds is 4. The summed E-state index contributed by atoms with van der Waals surface area (Å²) < 4.78 is 30.2. The molecule has 0 radical (unpaired) electrons. The van der Waals surface area contributed by atoms with Gasteiger partial charge in [-0.2, -0.15) is 5.10 Å². The number of carbonyl (C=O) groups excluding carboxylic acids is 1. The number of nitrogens with zero attached hydrogens (tertiary/aromatic N) is 3. The summed E-state index contributed by atoms with van der Waals surface area (Å²) in [6.07, 6.45) is 6.65. The Hall–Kier alpha value is -2.39. The lowest BCUT2D eigenvalue weighted by molar-refractivity contribution is -0.0674. The summed E-state index contributed by atoms with van der Waals surface area (Å²) in [5, 5.41) is 6.84. The molecule has 6 nitrogen and oxygen atoms in total. The van der Waals surface area contributed by atoms with Gasteiger partial charge in [0.25, 0.3) is 11.8 Å². The number of halogens is 2. The van der Waals surface area contributed by atoms with E-state index in [-0.39, 0.29) is 6.42 Å². The summed E-state index contributed by atoms with van der Waals surface area (Å²) >= 11 is 1.30. The Bertz CT molecular complexity index is 1060. The highest BCUT2D eigenvalue weighted by molar-refractivity contribution is 7.14. The van der Waals surface area contributed by atoms with Crippen LogP contribution in [0.4, 0.5) is 8.78 Å². The highest BCUT2D eigenvalue weighted by Crippen LogP contribution is 2.36. The van der Waals surface area contributed by atoms with Gasteiger partial charge in [0.1, 0.15) is 6.04 Å². The minimum absolute atomic E-state index is 0.255. The van der Waals surface area contributed by atoms with Crippen LogP contribution in [0.15, 0.2) is 24.7 Å². The lowest BCUT2D eigenvalue weighted by Crippen LogP contribution is -2.59.